The SMILES string of the molecule is CCCNCC(=O)N1CCCC(O)C1. The van der Waals surface area contributed by atoms with Crippen LogP contribution in [0.2, 0.25) is 0 Å². The molecule has 0 aromatic rings. The number of rotatable bonds is 4. The van der Waals surface area contributed by atoms with Crippen LogP contribution in [0, 0.1) is 0 Å². The van der Waals surface area contributed by atoms with Gasteiger partial charge in [-0.2, -0.15) is 0 Å². The Morgan fingerprint density at radius 2 is 2.43 bits per heavy atom. The van der Waals surface area contributed by atoms with Gasteiger partial charge in [0, 0.05) is 13.1 Å². The van der Waals surface area contributed by atoms with E-state index in [4.69, 9.17) is 0 Å². The molecule has 1 fully saturated rings. The molecule has 1 rings (SSSR count). The molecule has 1 unspecified atom stereocenters. The van der Waals surface area contributed by atoms with Crippen molar-refractivity contribution in [1.29, 1.82) is 0 Å². The zero-order valence-electron chi connectivity index (χ0n) is 8.83. The molecule has 14 heavy (non-hydrogen) atoms. The van der Waals surface area contributed by atoms with E-state index in [-0.39, 0.29) is 12.0 Å². The summed E-state index contributed by atoms with van der Waals surface area (Å²) < 4.78 is 0. The number of β-amino-alcohol motifs (C(OH)–C–C–N with tert-alkyl or cyclic N) is 1. The predicted octanol–water partition coefficient (Wildman–Crippen LogP) is -0.0307. The number of amides is 1. The van der Waals surface area contributed by atoms with E-state index in [1.54, 1.807) is 4.90 Å². The van der Waals surface area contributed by atoms with Crippen LogP contribution in [0.1, 0.15) is 26.2 Å². The molecule has 1 saturated heterocycles. The van der Waals surface area contributed by atoms with Crippen LogP contribution in [0.3, 0.4) is 0 Å². The van der Waals surface area contributed by atoms with Crippen molar-refractivity contribution in [2.75, 3.05) is 26.2 Å². The van der Waals surface area contributed by atoms with Crippen molar-refractivity contribution in [1.82, 2.24) is 10.2 Å². The number of piperidine rings is 1. The number of hydrogen-bond acceptors (Lipinski definition) is 3. The second-order valence-corrected chi connectivity index (χ2v) is 3.81. The van der Waals surface area contributed by atoms with Crippen LogP contribution in [-0.4, -0.2) is 48.2 Å². The van der Waals surface area contributed by atoms with Crippen LogP contribution >= 0.6 is 0 Å². The van der Waals surface area contributed by atoms with Gasteiger partial charge < -0.3 is 15.3 Å². The Morgan fingerprint density at radius 3 is 3.07 bits per heavy atom. The summed E-state index contributed by atoms with van der Waals surface area (Å²) in [4.78, 5) is 13.3. The molecule has 0 aromatic carbocycles. The third kappa shape index (κ3) is 3.64. The highest BCUT2D eigenvalue weighted by Gasteiger charge is 2.21. The lowest BCUT2D eigenvalue weighted by Gasteiger charge is -2.30. The Hall–Kier alpha value is -0.610. The molecule has 4 heteroatoms. The van der Waals surface area contributed by atoms with Crippen molar-refractivity contribution in [2.45, 2.75) is 32.3 Å². The molecule has 1 aliphatic rings. The molecule has 4 nitrogen and oxygen atoms in total. The highest BCUT2D eigenvalue weighted by Crippen LogP contribution is 2.09. The first-order valence-electron chi connectivity index (χ1n) is 5.40. The van der Waals surface area contributed by atoms with Gasteiger partial charge in [-0.25, -0.2) is 0 Å². The molecule has 0 aliphatic carbocycles. The third-order valence-corrected chi connectivity index (χ3v) is 2.45. The lowest BCUT2D eigenvalue weighted by atomic mass is 10.1. The van der Waals surface area contributed by atoms with E-state index >= 15 is 0 Å². The highest BCUT2D eigenvalue weighted by atomic mass is 16.3. The number of carbonyl (C=O) groups is 1. The van der Waals surface area contributed by atoms with E-state index in [0.29, 0.717) is 13.1 Å². The van der Waals surface area contributed by atoms with E-state index in [9.17, 15) is 9.90 Å². The van der Waals surface area contributed by atoms with E-state index in [0.717, 1.165) is 32.4 Å². The fourth-order valence-corrected chi connectivity index (χ4v) is 1.67. The Labute approximate surface area is 85.3 Å². The Morgan fingerprint density at radius 1 is 1.64 bits per heavy atom. The molecule has 1 aliphatic heterocycles. The van der Waals surface area contributed by atoms with Crippen LogP contribution in [0.25, 0.3) is 0 Å². The van der Waals surface area contributed by atoms with Crippen molar-refractivity contribution in [3.05, 3.63) is 0 Å². The van der Waals surface area contributed by atoms with Crippen LogP contribution in [-0.2, 0) is 4.79 Å². The van der Waals surface area contributed by atoms with Gasteiger partial charge >= 0.3 is 0 Å². The minimum Gasteiger partial charge on any atom is -0.391 e. The first kappa shape index (κ1) is 11.5. The van der Waals surface area contributed by atoms with Gasteiger partial charge in [-0.3, -0.25) is 4.79 Å². The summed E-state index contributed by atoms with van der Waals surface area (Å²) in [7, 11) is 0. The topological polar surface area (TPSA) is 52.6 Å². The second-order valence-electron chi connectivity index (χ2n) is 3.81. The Bertz CT molecular complexity index is 185. The zero-order valence-corrected chi connectivity index (χ0v) is 8.83. The monoisotopic (exact) mass is 200 g/mol. The maximum atomic E-state index is 11.6. The normalized spacial score (nSPS) is 22.4. The van der Waals surface area contributed by atoms with E-state index in [2.05, 4.69) is 12.2 Å². The quantitative estimate of drug-likeness (QED) is 0.627. The summed E-state index contributed by atoms with van der Waals surface area (Å²) in [6.07, 6.45) is 2.46. The molecule has 1 heterocycles. The maximum Gasteiger partial charge on any atom is 0.236 e. The molecular weight excluding hydrogens is 180 g/mol. The predicted molar refractivity (Wildman–Crippen MR) is 55.0 cm³/mol. The Balaban J connectivity index is 2.22. The van der Waals surface area contributed by atoms with Gasteiger partial charge in [-0.05, 0) is 25.8 Å². The number of carbonyl (C=O) groups excluding carboxylic acids is 1. The van der Waals surface area contributed by atoms with Gasteiger partial charge in [0.15, 0.2) is 0 Å². The lowest BCUT2D eigenvalue weighted by molar-refractivity contribution is -0.133. The zero-order chi connectivity index (χ0) is 10.4. The summed E-state index contributed by atoms with van der Waals surface area (Å²) in [6.45, 7) is 4.65. The van der Waals surface area contributed by atoms with Gasteiger partial charge in [0.05, 0.1) is 12.6 Å². The van der Waals surface area contributed by atoms with E-state index in [1.807, 2.05) is 0 Å². The van der Waals surface area contributed by atoms with Crippen molar-refractivity contribution < 1.29 is 9.90 Å². The average Bonchev–Trinajstić information content (AvgIpc) is 2.18. The minimum absolute atomic E-state index is 0.109. The fraction of sp³-hybridized carbons (Fsp3) is 0.900. The summed E-state index contributed by atoms with van der Waals surface area (Å²) in [5.41, 5.74) is 0. The molecule has 2 N–H and O–H groups in total. The van der Waals surface area contributed by atoms with Crippen LogP contribution in [0.5, 0.6) is 0 Å². The summed E-state index contributed by atoms with van der Waals surface area (Å²) in [5, 5.41) is 12.5. The Kier molecular flexibility index (Phi) is 4.90. The van der Waals surface area contributed by atoms with Crippen molar-refractivity contribution in [3.63, 3.8) is 0 Å². The van der Waals surface area contributed by atoms with Crippen molar-refractivity contribution in [2.24, 2.45) is 0 Å². The summed E-state index contributed by atoms with van der Waals surface area (Å²) in [6, 6.07) is 0. The molecular formula is C10H20N2O2. The smallest absolute Gasteiger partial charge is 0.236 e. The number of nitrogens with zero attached hydrogens (tertiary/aromatic N) is 1. The molecule has 0 aromatic heterocycles. The highest BCUT2D eigenvalue weighted by molar-refractivity contribution is 5.78. The lowest BCUT2D eigenvalue weighted by Crippen LogP contribution is -2.45. The number of aliphatic hydroxyl groups excluding tert-OH is 1. The minimum atomic E-state index is -0.320. The number of nitrogens with one attached hydrogen (secondary N) is 1. The van der Waals surface area contributed by atoms with Gasteiger partial charge in [0.2, 0.25) is 5.91 Å². The molecule has 82 valence electrons. The van der Waals surface area contributed by atoms with E-state index in [1.165, 1.54) is 0 Å². The second kappa shape index (κ2) is 5.98. The fourth-order valence-electron chi connectivity index (χ4n) is 1.67. The van der Waals surface area contributed by atoms with Crippen molar-refractivity contribution in [3.8, 4) is 0 Å². The van der Waals surface area contributed by atoms with Crippen LogP contribution in [0.4, 0.5) is 0 Å². The number of likely N-dealkylation sites (tertiary alicyclic amines) is 1. The van der Waals surface area contributed by atoms with Crippen molar-refractivity contribution >= 4 is 5.91 Å². The first-order chi connectivity index (χ1) is 6.74. The first-order valence-corrected chi connectivity index (χ1v) is 5.40. The van der Waals surface area contributed by atoms with Gasteiger partial charge in [0.1, 0.15) is 0 Å². The summed E-state index contributed by atoms with van der Waals surface area (Å²) in [5.74, 6) is 0.109. The molecule has 0 spiro atoms. The molecule has 0 saturated carbocycles. The number of aliphatic hydroxyl groups is 1. The van der Waals surface area contributed by atoms with E-state index < -0.39 is 0 Å². The average molecular weight is 200 g/mol. The van der Waals surface area contributed by atoms with Gasteiger partial charge in [-0.1, -0.05) is 6.92 Å². The largest absolute Gasteiger partial charge is 0.391 e. The molecule has 0 radical (unpaired) electrons. The molecule has 1 amide bonds. The standard InChI is InChI=1S/C10H20N2O2/c1-2-5-11-7-10(14)12-6-3-4-9(13)8-12/h9,11,13H,2-8H2,1H3. The van der Waals surface area contributed by atoms with Gasteiger partial charge in [-0.15, -0.1) is 0 Å². The molecule has 1 atom stereocenters. The van der Waals surface area contributed by atoms with Crippen LogP contribution < -0.4 is 5.32 Å². The number of hydrogen-bond donors (Lipinski definition) is 2. The molecule has 0 bridgehead atoms. The third-order valence-electron chi connectivity index (χ3n) is 2.45. The summed E-state index contributed by atoms with van der Waals surface area (Å²) >= 11 is 0. The van der Waals surface area contributed by atoms with Gasteiger partial charge in [0.25, 0.3) is 0 Å². The maximum absolute atomic E-state index is 11.6. The van der Waals surface area contributed by atoms with Crippen LogP contribution in [0.15, 0.2) is 0 Å².